The molecule has 1 N–H and O–H groups in total. The molecule has 13 heavy (non-hydrogen) atoms. The molecule has 1 aromatic rings. The molecule has 3 heteroatoms. The van der Waals surface area contributed by atoms with Crippen molar-refractivity contribution in [3.8, 4) is 0 Å². The molecule has 1 aliphatic rings. The van der Waals surface area contributed by atoms with Crippen molar-refractivity contribution in [3.05, 3.63) is 16.0 Å². The van der Waals surface area contributed by atoms with E-state index >= 15 is 0 Å². The van der Waals surface area contributed by atoms with Crippen LogP contribution in [0.2, 0.25) is 0 Å². The van der Waals surface area contributed by atoms with Gasteiger partial charge >= 0.3 is 0 Å². The van der Waals surface area contributed by atoms with Crippen molar-refractivity contribution in [1.29, 1.82) is 0 Å². The van der Waals surface area contributed by atoms with Crippen LogP contribution in [0.15, 0.2) is 0 Å². The summed E-state index contributed by atoms with van der Waals surface area (Å²) in [6.45, 7) is 0. The molecule has 1 heterocycles. The lowest BCUT2D eigenvalue weighted by atomic mass is 9.96. The molecule has 0 amide bonds. The molecule has 0 saturated heterocycles. The monoisotopic (exact) mass is 195 g/mol. The van der Waals surface area contributed by atoms with Gasteiger partial charge in [-0.05, 0) is 31.2 Å². The summed E-state index contributed by atoms with van der Waals surface area (Å²) in [5, 5.41) is 4.13. The zero-order chi connectivity index (χ0) is 9.26. The van der Waals surface area contributed by atoms with Gasteiger partial charge in [0.15, 0.2) is 6.29 Å². The van der Waals surface area contributed by atoms with Crippen LogP contribution in [-0.2, 0) is 12.8 Å². The van der Waals surface area contributed by atoms with E-state index in [4.69, 9.17) is 0 Å². The topological polar surface area (TPSA) is 29.1 Å². The highest BCUT2D eigenvalue weighted by Gasteiger charge is 2.19. The zero-order valence-corrected chi connectivity index (χ0v) is 8.54. The number of hydrogen-bond acceptors (Lipinski definition) is 3. The predicted octanol–water partition coefficient (Wildman–Crippen LogP) is 2.48. The van der Waals surface area contributed by atoms with Crippen molar-refractivity contribution in [2.45, 2.75) is 25.7 Å². The molecule has 0 aromatic carbocycles. The normalized spacial score (nSPS) is 15.2. The molecule has 1 aliphatic carbocycles. The molecular weight excluding hydrogens is 182 g/mol. The summed E-state index contributed by atoms with van der Waals surface area (Å²) in [6.07, 6.45) is 5.74. The van der Waals surface area contributed by atoms with Crippen LogP contribution < -0.4 is 5.32 Å². The first-order chi connectivity index (χ1) is 6.36. The molecule has 0 atom stereocenters. The zero-order valence-electron chi connectivity index (χ0n) is 7.72. The average Bonchev–Trinajstić information content (AvgIpc) is 2.55. The van der Waals surface area contributed by atoms with Gasteiger partial charge in [0.05, 0.1) is 10.6 Å². The maximum Gasteiger partial charge on any atom is 0.153 e. The highest BCUT2D eigenvalue weighted by atomic mass is 32.1. The van der Waals surface area contributed by atoms with E-state index in [2.05, 4.69) is 5.32 Å². The van der Waals surface area contributed by atoms with E-state index in [9.17, 15) is 4.79 Å². The first kappa shape index (κ1) is 8.75. The third kappa shape index (κ3) is 1.37. The van der Waals surface area contributed by atoms with Gasteiger partial charge in [0.2, 0.25) is 0 Å². The summed E-state index contributed by atoms with van der Waals surface area (Å²) in [5.74, 6) is 0. The second-order valence-electron chi connectivity index (χ2n) is 3.32. The summed E-state index contributed by atoms with van der Waals surface area (Å²) in [7, 11) is 1.88. The first-order valence-electron chi connectivity index (χ1n) is 4.64. The van der Waals surface area contributed by atoms with E-state index in [1.54, 1.807) is 11.3 Å². The van der Waals surface area contributed by atoms with Gasteiger partial charge < -0.3 is 5.32 Å². The maximum atomic E-state index is 10.9. The van der Waals surface area contributed by atoms with Crippen molar-refractivity contribution in [3.63, 3.8) is 0 Å². The van der Waals surface area contributed by atoms with Gasteiger partial charge in [0, 0.05) is 11.9 Å². The minimum Gasteiger partial charge on any atom is -0.379 e. The van der Waals surface area contributed by atoms with Crippen LogP contribution in [0.4, 0.5) is 5.00 Å². The van der Waals surface area contributed by atoms with E-state index in [-0.39, 0.29) is 0 Å². The van der Waals surface area contributed by atoms with E-state index in [1.165, 1.54) is 23.3 Å². The van der Waals surface area contributed by atoms with E-state index in [1.807, 2.05) is 7.05 Å². The van der Waals surface area contributed by atoms with Crippen LogP contribution in [0.3, 0.4) is 0 Å². The summed E-state index contributed by atoms with van der Waals surface area (Å²) in [5.41, 5.74) is 2.21. The van der Waals surface area contributed by atoms with Crippen molar-refractivity contribution < 1.29 is 4.79 Å². The van der Waals surface area contributed by atoms with Crippen molar-refractivity contribution in [2.24, 2.45) is 0 Å². The fourth-order valence-electron chi connectivity index (χ4n) is 1.90. The number of aldehydes is 1. The number of fused-ring (bicyclic) bond motifs is 1. The summed E-state index contributed by atoms with van der Waals surface area (Å²) >= 11 is 1.74. The SMILES string of the molecule is CNc1sc2c(c1C=O)CCCC2. The highest BCUT2D eigenvalue weighted by molar-refractivity contribution is 7.16. The fourth-order valence-corrected chi connectivity index (χ4v) is 3.11. The Hall–Kier alpha value is -0.830. The highest BCUT2D eigenvalue weighted by Crippen LogP contribution is 2.36. The first-order valence-corrected chi connectivity index (χ1v) is 5.46. The third-order valence-corrected chi connectivity index (χ3v) is 3.88. The standard InChI is InChI=1S/C10H13NOS/c1-11-10-8(6-12)7-4-2-3-5-9(7)13-10/h6,11H,2-5H2,1H3. The van der Waals surface area contributed by atoms with Gasteiger partial charge in [-0.15, -0.1) is 11.3 Å². The molecule has 2 nitrogen and oxygen atoms in total. The molecule has 0 unspecified atom stereocenters. The number of nitrogens with one attached hydrogen (secondary N) is 1. The number of carbonyl (C=O) groups is 1. The Labute approximate surface area is 82.0 Å². The molecule has 1 aromatic heterocycles. The Kier molecular flexibility index (Phi) is 2.36. The van der Waals surface area contributed by atoms with Crippen LogP contribution in [-0.4, -0.2) is 13.3 Å². The Balaban J connectivity index is 2.50. The largest absolute Gasteiger partial charge is 0.379 e. The predicted molar refractivity (Wildman–Crippen MR) is 55.9 cm³/mol. The van der Waals surface area contributed by atoms with Crippen LogP contribution >= 0.6 is 11.3 Å². The Morgan fingerprint density at radius 3 is 2.85 bits per heavy atom. The number of thiophene rings is 1. The third-order valence-electron chi connectivity index (χ3n) is 2.56. The van der Waals surface area contributed by atoms with E-state index in [0.29, 0.717) is 0 Å². The van der Waals surface area contributed by atoms with Gasteiger partial charge in [-0.1, -0.05) is 0 Å². The van der Waals surface area contributed by atoms with Crippen molar-refractivity contribution in [2.75, 3.05) is 12.4 Å². The lowest BCUT2D eigenvalue weighted by Crippen LogP contribution is -2.01. The van der Waals surface area contributed by atoms with Gasteiger partial charge in [-0.25, -0.2) is 0 Å². The van der Waals surface area contributed by atoms with Gasteiger partial charge in [0.1, 0.15) is 0 Å². The number of aryl methyl sites for hydroxylation is 1. The number of anilines is 1. The second-order valence-corrected chi connectivity index (χ2v) is 4.43. The van der Waals surface area contributed by atoms with Crippen molar-refractivity contribution in [1.82, 2.24) is 0 Å². The minimum absolute atomic E-state index is 0.905. The molecule has 0 saturated carbocycles. The molecule has 0 bridgehead atoms. The number of rotatable bonds is 2. The minimum atomic E-state index is 0.905. The van der Waals surface area contributed by atoms with E-state index in [0.717, 1.165) is 29.7 Å². The average molecular weight is 195 g/mol. The Morgan fingerprint density at radius 1 is 1.38 bits per heavy atom. The fraction of sp³-hybridized carbons (Fsp3) is 0.500. The molecule has 70 valence electrons. The molecule has 0 aliphatic heterocycles. The number of hydrogen-bond donors (Lipinski definition) is 1. The second kappa shape index (κ2) is 3.50. The lowest BCUT2D eigenvalue weighted by Gasteiger charge is -2.09. The van der Waals surface area contributed by atoms with Crippen LogP contribution in [0, 0.1) is 0 Å². The molecule has 0 fully saturated rings. The molecule has 2 rings (SSSR count). The molecule has 0 spiro atoms. The van der Waals surface area contributed by atoms with Gasteiger partial charge in [-0.2, -0.15) is 0 Å². The smallest absolute Gasteiger partial charge is 0.153 e. The Bertz CT molecular complexity index is 330. The Morgan fingerprint density at radius 2 is 2.15 bits per heavy atom. The number of carbonyl (C=O) groups excluding carboxylic acids is 1. The summed E-state index contributed by atoms with van der Waals surface area (Å²) in [6, 6.07) is 0. The van der Waals surface area contributed by atoms with Gasteiger partial charge in [-0.3, -0.25) is 4.79 Å². The van der Waals surface area contributed by atoms with Gasteiger partial charge in [0.25, 0.3) is 0 Å². The van der Waals surface area contributed by atoms with E-state index < -0.39 is 0 Å². The maximum absolute atomic E-state index is 10.9. The quantitative estimate of drug-likeness (QED) is 0.734. The van der Waals surface area contributed by atoms with Crippen LogP contribution in [0.1, 0.15) is 33.6 Å². The lowest BCUT2D eigenvalue weighted by molar-refractivity contribution is 0.112. The summed E-state index contributed by atoms with van der Waals surface area (Å²) < 4.78 is 0. The van der Waals surface area contributed by atoms with Crippen LogP contribution in [0.25, 0.3) is 0 Å². The van der Waals surface area contributed by atoms with Crippen LogP contribution in [0.5, 0.6) is 0 Å². The summed E-state index contributed by atoms with van der Waals surface area (Å²) in [4.78, 5) is 12.3. The molecular formula is C10H13NOS. The van der Waals surface area contributed by atoms with Crippen molar-refractivity contribution >= 4 is 22.6 Å². The molecule has 0 radical (unpaired) electrons.